The monoisotopic (exact) mass is 278 g/mol. The number of aromatic nitrogens is 1. The van der Waals surface area contributed by atoms with Crippen molar-refractivity contribution < 1.29 is 13.5 Å². The summed E-state index contributed by atoms with van der Waals surface area (Å²) in [5, 5.41) is 3.26. The van der Waals surface area contributed by atoms with Gasteiger partial charge in [0, 0.05) is 24.4 Å². The average Bonchev–Trinajstić information content (AvgIpc) is 2.43. The smallest absolute Gasteiger partial charge is 0.219 e. The van der Waals surface area contributed by atoms with Crippen LogP contribution in [0.3, 0.4) is 0 Å². The zero-order chi connectivity index (χ0) is 14.5. The van der Waals surface area contributed by atoms with E-state index in [1.807, 2.05) is 19.9 Å². The lowest BCUT2D eigenvalue weighted by Crippen LogP contribution is -2.17. The van der Waals surface area contributed by atoms with Crippen LogP contribution in [0.1, 0.15) is 25.5 Å². The van der Waals surface area contributed by atoms with E-state index in [1.165, 1.54) is 6.07 Å². The summed E-state index contributed by atoms with van der Waals surface area (Å²) < 4.78 is 31.5. The highest BCUT2D eigenvalue weighted by Gasteiger charge is 2.08. The molecule has 0 fully saturated rings. The van der Waals surface area contributed by atoms with Gasteiger partial charge in [-0.05, 0) is 31.2 Å². The van der Waals surface area contributed by atoms with Gasteiger partial charge in [-0.3, -0.25) is 0 Å². The number of rotatable bonds is 5. The van der Waals surface area contributed by atoms with Gasteiger partial charge >= 0.3 is 0 Å². The van der Waals surface area contributed by atoms with Gasteiger partial charge < -0.3 is 10.1 Å². The topological polar surface area (TPSA) is 34.1 Å². The van der Waals surface area contributed by atoms with Crippen LogP contribution in [0.25, 0.3) is 0 Å². The van der Waals surface area contributed by atoms with E-state index in [0.29, 0.717) is 0 Å². The molecule has 106 valence electrons. The highest BCUT2D eigenvalue weighted by Crippen LogP contribution is 2.24. The second kappa shape index (κ2) is 6.43. The minimum Gasteiger partial charge on any atom is -0.436 e. The molecular weight excluding hydrogens is 262 g/mol. The van der Waals surface area contributed by atoms with E-state index in [4.69, 9.17) is 4.74 Å². The molecule has 1 unspecified atom stereocenters. The predicted octanol–water partition coefficient (Wildman–Crippen LogP) is 3.82. The molecular formula is C15H16F2N2O. The second-order valence-corrected chi connectivity index (χ2v) is 4.39. The van der Waals surface area contributed by atoms with Crippen molar-refractivity contribution in [1.82, 2.24) is 10.3 Å². The van der Waals surface area contributed by atoms with E-state index in [0.717, 1.165) is 24.2 Å². The van der Waals surface area contributed by atoms with Crippen molar-refractivity contribution in [2.24, 2.45) is 0 Å². The standard InChI is InChI=1S/C15H16F2N2O/c1-3-18-10(2)11-4-7-15(19-9-11)20-14-6-5-12(16)8-13(14)17/h4-10,18H,3H2,1-2H3. The lowest BCUT2D eigenvalue weighted by Gasteiger charge is -2.12. The zero-order valence-corrected chi connectivity index (χ0v) is 11.4. The molecule has 0 aliphatic carbocycles. The third kappa shape index (κ3) is 3.51. The van der Waals surface area contributed by atoms with Gasteiger partial charge in [-0.2, -0.15) is 0 Å². The van der Waals surface area contributed by atoms with Crippen LogP contribution in [0.5, 0.6) is 11.6 Å². The quantitative estimate of drug-likeness (QED) is 0.902. The van der Waals surface area contributed by atoms with E-state index in [1.54, 1.807) is 12.3 Å². The summed E-state index contributed by atoms with van der Waals surface area (Å²) in [6.07, 6.45) is 1.67. The Morgan fingerprint density at radius 1 is 1.25 bits per heavy atom. The predicted molar refractivity (Wildman–Crippen MR) is 72.8 cm³/mol. The van der Waals surface area contributed by atoms with Crippen LogP contribution in [0.15, 0.2) is 36.5 Å². The number of nitrogens with zero attached hydrogens (tertiary/aromatic N) is 1. The first kappa shape index (κ1) is 14.4. The molecule has 20 heavy (non-hydrogen) atoms. The third-order valence-electron chi connectivity index (χ3n) is 2.88. The maximum Gasteiger partial charge on any atom is 0.219 e. The molecule has 1 aromatic heterocycles. The fourth-order valence-electron chi connectivity index (χ4n) is 1.80. The van der Waals surface area contributed by atoms with Gasteiger partial charge in [-0.15, -0.1) is 0 Å². The summed E-state index contributed by atoms with van der Waals surface area (Å²) in [6, 6.07) is 6.85. The zero-order valence-electron chi connectivity index (χ0n) is 11.4. The van der Waals surface area contributed by atoms with Gasteiger partial charge in [0.15, 0.2) is 11.6 Å². The molecule has 5 heteroatoms. The van der Waals surface area contributed by atoms with Crippen molar-refractivity contribution in [3.8, 4) is 11.6 Å². The van der Waals surface area contributed by atoms with E-state index in [-0.39, 0.29) is 17.7 Å². The summed E-state index contributed by atoms with van der Waals surface area (Å²) in [5.41, 5.74) is 1.01. The van der Waals surface area contributed by atoms with Crippen molar-refractivity contribution >= 4 is 0 Å². The highest BCUT2D eigenvalue weighted by molar-refractivity contribution is 5.30. The van der Waals surface area contributed by atoms with Gasteiger partial charge in [-0.1, -0.05) is 13.0 Å². The summed E-state index contributed by atoms with van der Waals surface area (Å²) >= 11 is 0. The number of halogens is 2. The number of nitrogens with one attached hydrogen (secondary N) is 1. The molecule has 1 N–H and O–H groups in total. The first-order chi connectivity index (χ1) is 9.60. The van der Waals surface area contributed by atoms with Crippen molar-refractivity contribution in [2.45, 2.75) is 19.9 Å². The molecule has 2 aromatic rings. The highest BCUT2D eigenvalue weighted by atomic mass is 19.1. The van der Waals surface area contributed by atoms with Crippen molar-refractivity contribution in [3.63, 3.8) is 0 Å². The van der Waals surface area contributed by atoms with Gasteiger partial charge in [0.05, 0.1) is 0 Å². The van der Waals surface area contributed by atoms with Crippen molar-refractivity contribution in [3.05, 3.63) is 53.7 Å². The van der Waals surface area contributed by atoms with Crippen LogP contribution in [0.4, 0.5) is 8.78 Å². The molecule has 0 aliphatic rings. The third-order valence-corrected chi connectivity index (χ3v) is 2.88. The average molecular weight is 278 g/mol. The molecule has 2 rings (SSSR count). The summed E-state index contributed by atoms with van der Waals surface area (Å²) in [5.74, 6) is -1.18. The lowest BCUT2D eigenvalue weighted by atomic mass is 10.1. The molecule has 1 heterocycles. The van der Waals surface area contributed by atoms with Crippen LogP contribution in [-0.4, -0.2) is 11.5 Å². The van der Waals surface area contributed by atoms with Crippen molar-refractivity contribution in [1.29, 1.82) is 0 Å². The van der Waals surface area contributed by atoms with Gasteiger partial charge in [0.2, 0.25) is 5.88 Å². The normalized spacial score (nSPS) is 12.2. The van der Waals surface area contributed by atoms with Crippen LogP contribution in [-0.2, 0) is 0 Å². The summed E-state index contributed by atoms with van der Waals surface area (Å²) in [6.45, 7) is 4.92. The lowest BCUT2D eigenvalue weighted by molar-refractivity contribution is 0.423. The first-order valence-corrected chi connectivity index (χ1v) is 6.42. The number of hydrogen-bond donors (Lipinski definition) is 1. The van der Waals surface area contributed by atoms with Crippen molar-refractivity contribution in [2.75, 3.05) is 6.54 Å². The number of pyridine rings is 1. The number of hydrogen-bond acceptors (Lipinski definition) is 3. The minimum absolute atomic E-state index is 0.0496. The van der Waals surface area contributed by atoms with Crippen LogP contribution < -0.4 is 10.1 Å². The maximum atomic E-state index is 13.4. The Hall–Kier alpha value is -2.01. The molecule has 0 aliphatic heterocycles. The molecule has 3 nitrogen and oxygen atoms in total. The largest absolute Gasteiger partial charge is 0.436 e. The van der Waals surface area contributed by atoms with E-state index < -0.39 is 11.6 Å². The Bertz CT molecular complexity index is 573. The molecule has 1 aromatic carbocycles. The molecule has 0 saturated carbocycles. The molecule has 1 atom stereocenters. The van der Waals surface area contributed by atoms with E-state index >= 15 is 0 Å². The maximum absolute atomic E-state index is 13.4. The van der Waals surface area contributed by atoms with Gasteiger partial charge in [0.1, 0.15) is 5.82 Å². The Labute approximate surface area is 116 Å². The first-order valence-electron chi connectivity index (χ1n) is 6.42. The van der Waals surface area contributed by atoms with E-state index in [9.17, 15) is 8.78 Å². The summed E-state index contributed by atoms with van der Waals surface area (Å²) in [4.78, 5) is 4.12. The summed E-state index contributed by atoms with van der Waals surface area (Å²) in [7, 11) is 0. The molecule has 0 spiro atoms. The fraction of sp³-hybridized carbons (Fsp3) is 0.267. The molecule has 0 saturated heterocycles. The van der Waals surface area contributed by atoms with Gasteiger partial charge in [0.25, 0.3) is 0 Å². The van der Waals surface area contributed by atoms with Crippen LogP contribution in [0, 0.1) is 11.6 Å². The second-order valence-electron chi connectivity index (χ2n) is 4.39. The van der Waals surface area contributed by atoms with Gasteiger partial charge in [-0.25, -0.2) is 13.8 Å². The Kier molecular flexibility index (Phi) is 4.63. The van der Waals surface area contributed by atoms with Crippen LogP contribution in [0.2, 0.25) is 0 Å². The molecule has 0 radical (unpaired) electrons. The number of ether oxygens (including phenoxy) is 1. The van der Waals surface area contributed by atoms with Crippen LogP contribution >= 0.6 is 0 Å². The Morgan fingerprint density at radius 2 is 2.05 bits per heavy atom. The SMILES string of the molecule is CCNC(C)c1ccc(Oc2ccc(F)cc2F)nc1. The fourth-order valence-corrected chi connectivity index (χ4v) is 1.80. The number of benzene rings is 1. The van der Waals surface area contributed by atoms with E-state index in [2.05, 4.69) is 10.3 Å². The molecule has 0 bridgehead atoms. The Morgan fingerprint density at radius 3 is 2.65 bits per heavy atom. The Balaban J connectivity index is 2.10. The molecule has 0 amide bonds. The minimum atomic E-state index is -0.753.